The molecular formula is C16H28N2O3. The topological polar surface area (TPSA) is 82.3 Å². The Morgan fingerprint density at radius 1 is 1.19 bits per heavy atom. The molecule has 2 N–H and O–H groups in total. The number of aliphatic hydroxyl groups is 1. The standard InChI is InChI=1S/C15H24N2O2.CH4O/c1-15(2,3)19-14(18)17-13-5-4-11-6-10(9-16)7-12(11)8-13;1-2/h10-13H,4-8H2,1-3H3,(H,17,18);2H,1H3/t10?,11-,12?,13?;/m0./s1. The monoisotopic (exact) mass is 296 g/mol. The van der Waals surface area contributed by atoms with E-state index in [0.717, 1.165) is 39.2 Å². The molecule has 4 atom stereocenters. The summed E-state index contributed by atoms with van der Waals surface area (Å²) in [5.41, 5.74) is -0.444. The lowest BCUT2D eigenvalue weighted by Gasteiger charge is -2.32. The summed E-state index contributed by atoms with van der Waals surface area (Å²) in [6.45, 7) is 5.62. The van der Waals surface area contributed by atoms with Crippen LogP contribution in [0.3, 0.4) is 0 Å². The molecule has 0 bridgehead atoms. The van der Waals surface area contributed by atoms with Gasteiger partial charge in [0, 0.05) is 19.1 Å². The summed E-state index contributed by atoms with van der Waals surface area (Å²) in [5.74, 6) is 1.54. The van der Waals surface area contributed by atoms with E-state index in [1.807, 2.05) is 20.8 Å². The first-order valence-electron chi connectivity index (χ1n) is 7.71. The van der Waals surface area contributed by atoms with Gasteiger partial charge >= 0.3 is 6.09 Å². The molecule has 1 amide bonds. The molecule has 2 aliphatic carbocycles. The molecule has 2 saturated carbocycles. The Balaban J connectivity index is 0.00000106. The minimum Gasteiger partial charge on any atom is -0.444 e. The van der Waals surface area contributed by atoms with Crippen molar-refractivity contribution in [1.82, 2.24) is 5.32 Å². The highest BCUT2D eigenvalue weighted by atomic mass is 16.6. The van der Waals surface area contributed by atoms with Crippen molar-refractivity contribution in [1.29, 1.82) is 5.26 Å². The van der Waals surface area contributed by atoms with Gasteiger partial charge in [0.05, 0.1) is 6.07 Å². The molecular weight excluding hydrogens is 268 g/mol. The molecule has 0 spiro atoms. The second kappa shape index (κ2) is 7.65. The fourth-order valence-electron chi connectivity index (χ4n) is 3.46. The van der Waals surface area contributed by atoms with Crippen molar-refractivity contribution in [3.63, 3.8) is 0 Å². The Kier molecular flexibility index (Phi) is 6.47. The summed E-state index contributed by atoms with van der Waals surface area (Å²) in [6.07, 6.45) is 4.89. The van der Waals surface area contributed by atoms with Gasteiger partial charge in [-0.2, -0.15) is 5.26 Å². The number of carbonyl (C=O) groups excluding carboxylic acids is 1. The van der Waals surface area contributed by atoms with Gasteiger partial charge in [-0.05, 0) is 64.7 Å². The summed E-state index contributed by atoms with van der Waals surface area (Å²) in [5, 5.41) is 19.0. The molecule has 2 fully saturated rings. The van der Waals surface area contributed by atoms with Crippen molar-refractivity contribution in [3.8, 4) is 6.07 Å². The van der Waals surface area contributed by atoms with Crippen LogP contribution in [0.25, 0.3) is 0 Å². The van der Waals surface area contributed by atoms with Crippen LogP contribution in [0.15, 0.2) is 0 Å². The van der Waals surface area contributed by atoms with Gasteiger partial charge in [0.25, 0.3) is 0 Å². The molecule has 0 saturated heterocycles. The van der Waals surface area contributed by atoms with Crippen LogP contribution >= 0.6 is 0 Å². The van der Waals surface area contributed by atoms with Crippen LogP contribution in [0.5, 0.6) is 0 Å². The Bertz CT molecular complexity index is 384. The van der Waals surface area contributed by atoms with E-state index in [4.69, 9.17) is 15.1 Å². The zero-order valence-corrected chi connectivity index (χ0v) is 13.6. The van der Waals surface area contributed by atoms with Crippen LogP contribution < -0.4 is 5.32 Å². The Labute approximate surface area is 127 Å². The van der Waals surface area contributed by atoms with Gasteiger partial charge < -0.3 is 15.2 Å². The molecule has 3 unspecified atom stereocenters. The summed E-state index contributed by atoms with van der Waals surface area (Å²) in [6, 6.07) is 2.61. The number of carbonyl (C=O) groups is 1. The number of ether oxygens (including phenoxy) is 1. The van der Waals surface area contributed by atoms with Gasteiger partial charge in [-0.3, -0.25) is 0 Å². The molecule has 0 aromatic rings. The van der Waals surface area contributed by atoms with Gasteiger partial charge in [-0.1, -0.05) is 0 Å². The van der Waals surface area contributed by atoms with Crippen molar-refractivity contribution in [2.45, 2.75) is 64.5 Å². The normalized spacial score (nSPS) is 31.2. The number of hydrogen-bond acceptors (Lipinski definition) is 4. The second-order valence-electron chi connectivity index (χ2n) is 6.97. The zero-order valence-electron chi connectivity index (χ0n) is 13.6. The van der Waals surface area contributed by atoms with Crippen LogP contribution in [0, 0.1) is 29.1 Å². The molecule has 2 rings (SSSR count). The Morgan fingerprint density at radius 2 is 1.81 bits per heavy atom. The zero-order chi connectivity index (χ0) is 16.0. The molecule has 5 heteroatoms. The van der Waals surface area contributed by atoms with Crippen molar-refractivity contribution in [3.05, 3.63) is 0 Å². The van der Waals surface area contributed by atoms with Crippen LogP contribution in [0.4, 0.5) is 4.79 Å². The number of fused-ring (bicyclic) bond motifs is 1. The minimum atomic E-state index is -0.444. The van der Waals surface area contributed by atoms with Gasteiger partial charge in [-0.25, -0.2) is 4.79 Å². The molecule has 0 radical (unpaired) electrons. The van der Waals surface area contributed by atoms with Crippen LogP contribution in [-0.2, 0) is 4.74 Å². The van der Waals surface area contributed by atoms with E-state index in [1.165, 1.54) is 0 Å². The largest absolute Gasteiger partial charge is 0.444 e. The Morgan fingerprint density at radius 3 is 2.38 bits per heavy atom. The number of hydrogen-bond donors (Lipinski definition) is 2. The number of amides is 1. The number of alkyl carbamates (subject to hydrolysis) is 1. The van der Waals surface area contributed by atoms with Crippen molar-refractivity contribution < 1.29 is 14.6 Å². The van der Waals surface area contributed by atoms with Crippen molar-refractivity contribution in [2.24, 2.45) is 17.8 Å². The van der Waals surface area contributed by atoms with Gasteiger partial charge in [-0.15, -0.1) is 0 Å². The fourth-order valence-corrected chi connectivity index (χ4v) is 3.46. The summed E-state index contributed by atoms with van der Waals surface area (Å²) in [7, 11) is 1.00. The molecule has 0 aromatic heterocycles. The molecule has 5 nitrogen and oxygen atoms in total. The van der Waals surface area contributed by atoms with Gasteiger partial charge in [0.2, 0.25) is 0 Å². The predicted molar refractivity (Wildman–Crippen MR) is 80.5 cm³/mol. The van der Waals surface area contributed by atoms with E-state index in [2.05, 4.69) is 11.4 Å². The number of nitriles is 1. The first-order valence-corrected chi connectivity index (χ1v) is 7.71. The number of nitrogens with one attached hydrogen (secondary N) is 1. The second-order valence-corrected chi connectivity index (χ2v) is 6.97. The maximum atomic E-state index is 11.8. The average Bonchev–Trinajstić information content (AvgIpc) is 2.81. The first-order chi connectivity index (χ1) is 9.87. The summed E-state index contributed by atoms with van der Waals surface area (Å²) >= 11 is 0. The average molecular weight is 296 g/mol. The number of rotatable bonds is 1. The SMILES string of the molecule is CC(C)(C)OC(=O)NC1CC[C@H]2CC(C#N)CC2C1.CO. The third-order valence-corrected chi connectivity index (χ3v) is 4.22. The van der Waals surface area contributed by atoms with Gasteiger partial charge in [0.1, 0.15) is 5.60 Å². The van der Waals surface area contributed by atoms with Crippen LogP contribution in [0.1, 0.15) is 52.9 Å². The smallest absolute Gasteiger partial charge is 0.407 e. The molecule has 0 aliphatic heterocycles. The third-order valence-electron chi connectivity index (χ3n) is 4.22. The quantitative estimate of drug-likeness (QED) is 0.779. The highest BCUT2D eigenvalue weighted by Crippen LogP contribution is 2.44. The number of nitrogens with zero attached hydrogens (tertiary/aromatic N) is 1. The lowest BCUT2D eigenvalue weighted by atomic mass is 9.79. The van der Waals surface area contributed by atoms with E-state index < -0.39 is 5.60 Å². The van der Waals surface area contributed by atoms with Crippen LogP contribution in [-0.4, -0.2) is 30.0 Å². The van der Waals surface area contributed by atoms with E-state index in [1.54, 1.807) is 0 Å². The lowest BCUT2D eigenvalue weighted by Crippen LogP contribution is -2.42. The van der Waals surface area contributed by atoms with Crippen molar-refractivity contribution >= 4 is 6.09 Å². The van der Waals surface area contributed by atoms with E-state index in [9.17, 15) is 4.79 Å². The summed E-state index contributed by atoms with van der Waals surface area (Å²) in [4.78, 5) is 11.8. The fraction of sp³-hybridized carbons (Fsp3) is 0.875. The number of aliphatic hydroxyl groups excluding tert-OH is 1. The highest BCUT2D eigenvalue weighted by Gasteiger charge is 2.39. The molecule has 2 aliphatic rings. The van der Waals surface area contributed by atoms with E-state index in [-0.39, 0.29) is 18.1 Å². The molecule has 0 aromatic carbocycles. The molecule has 0 heterocycles. The lowest BCUT2D eigenvalue weighted by molar-refractivity contribution is 0.0476. The predicted octanol–water partition coefficient (Wildman–Crippen LogP) is 2.84. The molecule has 21 heavy (non-hydrogen) atoms. The highest BCUT2D eigenvalue weighted by molar-refractivity contribution is 5.68. The Hall–Kier alpha value is -1.28. The molecule has 120 valence electrons. The maximum absolute atomic E-state index is 11.8. The maximum Gasteiger partial charge on any atom is 0.407 e. The van der Waals surface area contributed by atoms with Gasteiger partial charge in [0.15, 0.2) is 0 Å². The summed E-state index contributed by atoms with van der Waals surface area (Å²) < 4.78 is 5.29. The first kappa shape index (κ1) is 17.8. The van der Waals surface area contributed by atoms with Crippen LogP contribution in [0.2, 0.25) is 0 Å². The third kappa shape index (κ3) is 5.55. The minimum absolute atomic E-state index is 0.216. The van der Waals surface area contributed by atoms with E-state index in [0.29, 0.717) is 11.8 Å². The van der Waals surface area contributed by atoms with E-state index >= 15 is 0 Å². The van der Waals surface area contributed by atoms with Crippen molar-refractivity contribution in [2.75, 3.05) is 7.11 Å².